The van der Waals surface area contributed by atoms with Crippen molar-refractivity contribution >= 4 is 5.69 Å². The smallest absolute Gasteiger partial charge is 0.0366 e. The highest BCUT2D eigenvalue weighted by Crippen LogP contribution is 2.28. The molecule has 0 saturated heterocycles. The van der Waals surface area contributed by atoms with Crippen LogP contribution in [-0.2, 0) is 0 Å². The molecule has 1 N–H and O–H groups in total. The molecule has 0 amide bonds. The van der Waals surface area contributed by atoms with Crippen LogP contribution in [0.4, 0.5) is 5.69 Å². The Bertz CT molecular complexity index is 365. The Kier molecular flexibility index (Phi) is 5.26. The van der Waals surface area contributed by atoms with E-state index in [0.717, 1.165) is 19.0 Å². The Morgan fingerprint density at radius 3 is 2.32 bits per heavy atom. The molecule has 1 aromatic rings. The first-order chi connectivity index (χ1) is 9.26. The van der Waals surface area contributed by atoms with E-state index in [9.17, 15) is 0 Å². The summed E-state index contributed by atoms with van der Waals surface area (Å²) in [6.45, 7) is 5.44. The van der Waals surface area contributed by atoms with Gasteiger partial charge in [-0.15, -0.1) is 0 Å². The second-order valence-electron chi connectivity index (χ2n) is 5.66. The van der Waals surface area contributed by atoms with E-state index in [4.69, 9.17) is 0 Å². The highest BCUT2D eigenvalue weighted by Gasteiger charge is 2.19. The topological polar surface area (TPSA) is 15.3 Å². The van der Waals surface area contributed by atoms with Crippen LogP contribution >= 0.6 is 0 Å². The van der Waals surface area contributed by atoms with Gasteiger partial charge in [0.15, 0.2) is 0 Å². The van der Waals surface area contributed by atoms with Crippen LogP contribution in [0, 0.1) is 0 Å². The molecule has 1 atom stereocenters. The van der Waals surface area contributed by atoms with Crippen molar-refractivity contribution in [3.05, 3.63) is 29.8 Å². The van der Waals surface area contributed by atoms with Gasteiger partial charge in [0.2, 0.25) is 0 Å². The summed E-state index contributed by atoms with van der Waals surface area (Å²) in [7, 11) is 2.24. The molecule has 2 rings (SSSR count). The van der Waals surface area contributed by atoms with Gasteiger partial charge in [0.1, 0.15) is 0 Å². The van der Waals surface area contributed by atoms with Crippen molar-refractivity contribution in [3.63, 3.8) is 0 Å². The molecule has 0 aliphatic heterocycles. The van der Waals surface area contributed by atoms with Crippen molar-refractivity contribution < 1.29 is 0 Å². The van der Waals surface area contributed by atoms with Crippen LogP contribution < -0.4 is 10.2 Å². The lowest BCUT2D eigenvalue weighted by Gasteiger charge is -2.27. The van der Waals surface area contributed by atoms with E-state index in [1.807, 2.05) is 0 Å². The number of nitrogens with one attached hydrogen (secondary N) is 1. The molecule has 0 bridgehead atoms. The molecule has 1 fully saturated rings. The number of benzene rings is 1. The summed E-state index contributed by atoms with van der Waals surface area (Å²) in [4.78, 5) is 2.46. The van der Waals surface area contributed by atoms with Crippen molar-refractivity contribution in [2.24, 2.45) is 0 Å². The van der Waals surface area contributed by atoms with Gasteiger partial charge < -0.3 is 10.2 Å². The maximum absolute atomic E-state index is 3.54. The summed E-state index contributed by atoms with van der Waals surface area (Å²) in [6, 6.07) is 10.4. The van der Waals surface area contributed by atoms with Crippen molar-refractivity contribution in [1.82, 2.24) is 5.32 Å². The van der Waals surface area contributed by atoms with E-state index < -0.39 is 0 Å². The summed E-state index contributed by atoms with van der Waals surface area (Å²) in [5.41, 5.74) is 2.77. The van der Waals surface area contributed by atoms with E-state index in [0.29, 0.717) is 6.04 Å². The molecule has 2 nitrogen and oxygen atoms in total. The molecular formula is C17H28N2. The van der Waals surface area contributed by atoms with Crippen molar-refractivity contribution in [2.75, 3.05) is 18.5 Å². The average Bonchev–Trinajstić information content (AvgIpc) is 2.98. The first-order valence-electron chi connectivity index (χ1n) is 7.82. The summed E-state index contributed by atoms with van der Waals surface area (Å²) in [5.74, 6) is 0. The number of anilines is 1. The second-order valence-corrected chi connectivity index (χ2v) is 5.66. The van der Waals surface area contributed by atoms with Gasteiger partial charge in [0, 0.05) is 24.8 Å². The Morgan fingerprint density at radius 1 is 1.16 bits per heavy atom. The van der Waals surface area contributed by atoms with Gasteiger partial charge in [0.25, 0.3) is 0 Å². The van der Waals surface area contributed by atoms with Gasteiger partial charge in [-0.05, 0) is 43.5 Å². The summed E-state index contributed by atoms with van der Waals surface area (Å²) in [5, 5.41) is 3.54. The van der Waals surface area contributed by atoms with Gasteiger partial charge in [-0.1, -0.05) is 38.8 Å². The minimum atomic E-state index is 0.496. The minimum Gasteiger partial charge on any atom is -0.372 e. The van der Waals surface area contributed by atoms with Gasteiger partial charge in [-0.25, -0.2) is 0 Å². The first kappa shape index (κ1) is 14.4. The second kappa shape index (κ2) is 6.95. The molecule has 1 unspecified atom stereocenters. The largest absolute Gasteiger partial charge is 0.372 e. The standard InChI is InChI=1S/C17H28N2/c1-4-17(18-5-2)14-10-12-16(13-11-14)19(3)15-8-6-7-9-15/h10-13,15,17-18H,4-9H2,1-3H3. The normalized spacial score (nSPS) is 17.6. The average molecular weight is 260 g/mol. The number of rotatable bonds is 6. The molecule has 0 aromatic heterocycles. The number of hydrogen-bond donors (Lipinski definition) is 1. The fourth-order valence-corrected chi connectivity index (χ4v) is 3.19. The molecule has 1 aromatic carbocycles. The van der Waals surface area contributed by atoms with Gasteiger partial charge >= 0.3 is 0 Å². The molecule has 1 aliphatic carbocycles. The first-order valence-corrected chi connectivity index (χ1v) is 7.82. The van der Waals surface area contributed by atoms with E-state index >= 15 is 0 Å². The van der Waals surface area contributed by atoms with Crippen LogP contribution in [0.5, 0.6) is 0 Å². The zero-order valence-electron chi connectivity index (χ0n) is 12.7. The fourth-order valence-electron chi connectivity index (χ4n) is 3.19. The monoisotopic (exact) mass is 260 g/mol. The maximum atomic E-state index is 3.54. The lowest BCUT2D eigenvalue weighted by molar-refractivity contribution is 0.537. The van der Waals surface area contributed by atoms with Gasteiger partial charge in [-0.2, -0.15) is 0 Å². The third-order valence-electron chi connectivity index (χ3n) is 4.43. The Balaban J connectivity index is 2.04. The lowest BCUT2D eigenvalue weighted by atomic mass is 10.0. The predicted octanol–water partition coefficient (Wildman–Crippen LogP) is 4.13. The third-order valence-corrected chi connectivity index (χ3v) is 4.43. The molecule has 0 heterocycles. The SMILES string of the molecule is CCNC(CC)c1ccc(N(C)C2CCCC2)cc1. The zero-order valence-corrected chi connectivity index (χ0v) is 12.7. The van der Waals surface area contributed by atoms with Crippen molar-refractivity contribution in [2.45, 2.75) is 58.0 Å². The third kappa shape index (κ3) is 3.50. The lowest BCUT2D eigenvalue weighted by Crippen LogP contribution is -2.28. The Morgan fingerprint density at radius 2 is 1.79 bits per heavy atom. The molecule has 19 heavy (non-hydrogen) atoms. The molecule has 106 valence electrons. The quantitative estimate of drug-likeness (QED) is 0.827. The summed E-state index contributed by atoms with van der Waals surface area (Å²) < 4.78 is 0. The number of hydrogen-bond acceptors (Lipinski definition) is 2. The molecule has 0 radical (unpaired) electrons. The van der Waals surface area contributed by atoms with E-state index in [-0.39, 0.29) is 0 Å². The highest BCUT2D eigenvalue weighted by molar-refractivity contribution is 5.48. The maximum Gasteiger partial charge on any atom is 0.0366 e. The predicted molar refractivity (Wildman–Crippen MR) is 83.8 cm³/mol. The summed E-state index contributed by atoms with van der Waals surface area (Å²) in [6.07, 6.45) is 6.64. The zero-order chi connectivity index (χ0) is 13.7. The van der Waals surface area contributed by atoms with E-state index in [2.05, 4.69) is 55.4 Å². The molecule has 1 aliphatic rings. The molecular weight excluding hydrogens is 232 g/mol. The van der Waals surface area contributed by atoms with Crippen LogP contribution in [0.1, 0.15) is 57.6 Å². The Labute approximate surface area is 118 Å². The molecule has 0 spiro atoms. The van der Waals surface area contributed by atoms with Crippen molar-refractivity contribution in [1.29, 1.82) is 0 Å². The van der Waals surface area contributed by atoms with Crippen LogP contribution in [-0.4, -0.2) is 19.6 Å². The van der Waals surface area contributed by atoms with E-state index in [1.165, 1.54) is 36.9 Å². The van der Waals surface area contributed by atoms with Gasteiger partial charge in [-0.3, -0.25) is 0 Å². The highest BCUT2D eigenvalue weighted by atomic mass is 15.1. The summed E-state index contributed by atoms with van der Waals surface area (Å²) >= 11 is 0. The molecule has 2 heteroatoms. The van der Waals surface area contributed by atoms with Crippen molar-refractivity contribution in [3.8, 4) is 0 Å². The minimum absolute atomic E-state index is 0.496. The number of nitrogens with zero attached hydrogens (tertiary/aromatic N) is 1. The fraction of sp³-hybridized carbons (Fsp3) is 0.647. The molecule has 1 saturated carbocycles. The van der Waals surface area contributed by atoms with Gasteiger partial charge in [0.05, 0.1) is 0 Å². The Hall–Kier alpha value is -1.02. The van der Waals surface area contributed by atoms with Crippen LogP contribution in [0.2, 0.25) is 0 Å². The van der Waals surface area contributed by atoms with E-state index in [1.54, 1.807) is 0 Å². The van der Waals surface area contributed by atoms with Crippen LogP contribution in [0.15, 0.2) is 24.3 Å². The van der Waals surface area contributed by atoms with Crippen LogP contribution in [0.25, 0.3) is 0 Å². The van der Waals surface area contributed by atoms with Crippen LogP contribution in [0.3, 0.4) is 0 Å².